The second-order valence-corrected chi connectivity index (χ2v) is 5.08. The Kier molecular flexibility index (Phi) is 5.09. The van der Waals surface area contributed by atoms with Crippen LogP contribution in [-0.4, -0.2) is 18.8 Å². The molecule has 2 unspecified atom stereocenters. The molecule has 0 saturated carbocycles. The van der Waals surface area contributed by atoms with E-state index in [-0.39, 0.29) is 12.1 Å². The van der Waals surface area contributed by atoms with Crippen molar-refractivity contribution in [3.63, 3.8) is 0 Å². The molecule has 1 aromatic rings. The monoisotopic (exact) mass is 277 g/mol. The van der Waals surface area contributed by atoms with Gasteiger partial charge in [-0.05, 0) is 41.2 Å². The van der Waals surface area contributed by atoms with Crippen LogP contribution >= 0.6 is 27.3 Å². The van der Waals surface area contributed by atoms with Crippen LogP contribution < -0.4 is 5.73 Å². The summed E-state index contributed by atoms with van der Waals surface area (Å²) in [5, 5.41) is 2.07. The van der Waals surface area contributed by atoms with Gasteiger partial charge in [-0.25, -0.2) is 0 Å². The fourth-order valence-corrected chi connectivity index (χ4v) is 2.82. The van der Waals surface area contributed by atoms with Gasteiger partial charge in [-0.3, -0.25) is 0 Å². The third-order valence-corrected chi connectivity index (χ3v) is 4.09. The van der Waals surface area contributed by atoms with Crippen LogP contribution in [0.1, 0.15) is 18.7 Å². The fourth-order valence-electron chi connectivity index (χ4n) is 1.24. The molecule has 0 aliphatic rings. The lowest BCUT2D eigenvalue weighted by molar-refractivity contribution is 0.0578. The highest BCUT2D eigenvalue weighted by molar-refractivity contribution is 9.10. The molecule has 14 heavy (non-hydrogen) atoms. The number of thiophene rings is 1. The molecule has 2 nitrogen and oxygen atoms in total. The summed E-state index contributed by atoms with van der Waals surface area (Å²) in [6.07, 6.45) is 0.994. The van der Waals surface area contributed by atoms with Gasteiger partial charge in [-0.1, -0.05) is 0 Å². The molecule has 4 heteroatoms. The van der Waals surface area contributed by atoms with E-state index < -0.39 is 0 Å². The normalized spacial score (nSPS) is 15.4. The molecule has 1 aromatic heterocycles. The zero-order chi connectivity index (χ0) is 10.6. The Morgan fingerprint density at radius 1 is 1.64 bits per heavy atom. The van der Waals surface area contributed by atoms with E-state index in [1.165, 1.54) is 4.88 Å². The summed E-state index contributed by atoms with van der Waals surface area (Å²) >= 11 is 5.23. The van der Waals surface area contributed by atoms with Gasteiger partial charge in [0, 0.05) is 28.4 Å². The maximum atomic E-state index is 6.02. The molecule has 0 bridgehead atoms. The smallest absolute Gasteiger partial charge is 0.0701 e. The molecule has 0 aliphatic heterocycles. The van der Waals surface area contributed by atoms with Crippen LogP contribution in [0.15, 0.2) is 15.9 Å². The lowest BCUT2D eigenvalue weighted by atomic mass is 10.1. The average molecular weight is 278 g/mol. The van der Waals surface area contributed by atoms with E-state index >= 15 is 0 Å². The summed E-state index contributed by atoms with van der Waals surface area (Å²) in [6, 6.07) is 2.13. The van der Waals surface area contributed by atoms with Gasteiger partial charge in [0.05, 0.1) is 6.10 Å². The van der Waals surface area contributed by atoms with E-state index in [0.717, 1.165) is 17.5 Å². The number of hydrogen-bond donors (Lipinski definition) is 1. The molecule has 0 saturated heterocycles. The molecule has 1 heterocycles. The van der Waals surface area contributed by atoms with Crippen LogP contribution in [0.5, 0.6) is 0 Å². The molecule has 0 fully saturated rings. The van der Waals surface area contributed by atoms with Crippen molar-refractivity contribution in [2.24, 2.45) is 5.73 Å². The summed E-state index contributed by atoms with van der Waals surface area (Å²) in [5.41, 5.74) is 6.02. The first kappa shape index (κ1) is 12.2. The van der Waals surface area contributed by atoms with Gasteiger partial charge in [-0.15, -0.1) is 11.3 Å². The number of hydrogen-bond acceptors (Lipinski definition) is 3. The Balaban J connectivity index is 2.48. The summed E-state index contributed by atoms with van der Waals surface area (Å²) in [4.78, 5) is 1.30. The predicted octanol–water partition coefficient (Wildman–Crippen LogP) is 2.81. The van der Waals surface area contributed by atoms with Crippen LogP contribution in [0.25, 0.3) is 0 Å². The van der Waals surface area contributed by atoms with E-state index in [2.05, 4.69) is 27.4 Å². The number of rotatable bonds is 5. The molecule has 0 radical (unpaired) electrons. The van der Waals surface area contributed by atoms with Crippen molar-refractivity contribution in [1.29, 1.82) is 0 Å². The number of ether oxygens (including phenoxy) is 1. The van der Waals surface area contributed by atoms with Crippen molar-refractivity contribution in [3.8, 4) is 0 Å². The van der Waals surface area contributed by atoms with Crippen LogP contribution in [0.2, 0.25) is 0 Å². The van der Waals surface area contributed by atoms with Crippen molar-refractivity contribution in [2.45, 2.75) is 32.4 Å². The Morgan fingerprint density at radius 3 is 2.86 bits per heavy atom. The van der Waals surface area contributed by atoms with Crippen molar-refractivity contribution in [1.82, 2.24) is 0 Å². The lowest BCUT2D eigenvalue weighted by Crippen LogP contribution is -2.36. The minimum Gasteiger partial charge on any atom is -0.377 e. The van der Waals surface area contributed by atoms with Crippen LogP contribution in [0.3, 0.4) is 0 Å². The molecule has 0 aliphatic carbocycles. The maximum Gasteiger partial charge on any atom is 0.0701 e. The second-order valence-electron chi connectivity index (χ2n) is 3.22. The van der Waals surface area contributed by atoms with Crippen LogP contribution in [0, 0.1) is 0 Å². The Bertz CT molecular complexity index is 277. The summed E-state index contributed by atoms with van der Waals surface area (Å²) in [6.45, 7) is 4.74. The molecule has 80 valence electrons. The van der Waals surface area contributed by atoms with Crippen LogP contribution in [0.4, 0.5) is 0 Å². The summed E-state index contributed by atoms with van der Waals surface area (Å²) in [7, 11) is 0. The van der Waals surface area contributed by atoms with E-state index in [1.807, 2.05) is 13.8 Å². The molecular formula is C10H16BrNOS. The number of halogens is 1. The number of nitrogens with two attached hydrogens (primary N) is 1. The molecule has 0 spiro atoms. The van der Waals surface area contributed by atoms with Crippen molar-refractivity contribution < 1.29 is 4.74 Å². The van der Waals surface area contributed by atoms with Gasteiger partial charge in [0.2, 0.25) is 0 Å². The third kappa shape index (κ3) is 3.35. The second kappa shape index (κ2) is 5.85. The molecule has 2 N–H and O–H groups in total. The highest BCUT2D eigenvalue weighted by Crippen LogP contribution is 2.24. The zero-order valence-corrected chi connectivity index (χ0v) is 10.9. The quantitative estimate of drug-likeness (QED) is 0.899. The van der Waals surface area contributed by atoms with Gasteiger partial charge in [0.15, 0.2) is 0 Å². The first-order chi connectivity index (χ1) is 6.65. The summed E-state index contributed by atoms with van der Waals surface area (Å²) < 4.78 is 6.61. The van der Waals surface area contributed by atoms with Crippen molar-refractivity contribution in [2.75, 3.05) is 6.61 Å². The van der Waals surface area contributed by atoms with E-state index in [1.54, 1.807) is 11.3 Å². The van der Waals surface area contributed by atoms with Gasteiger partial charge in [-0.2, -0.15) is 0 Å². The molecule has 2 atom stereocenters. The van der Waals surface area contributed by atoms with Gasteiger partial charge < -0.3 is 10.5 Å². The standard InChI is InChI=1S/C10H16BrNOS/c1-3-13-7(2)9(12)6-10-8(11)4-5-14-10/h4-5,7,9H,3,6,12H2,1-2H3. The zero-order valence-electron chi connectivity index (χ0n) is 8.50. The molecule has 0 amide bonds. The Hall–Kier alpha value is 0.100. The molecule has 1 rings (SSSR count). The van der Waals surface area contributed by atoms with E-state index in [9.17, 15) is 0 Å². The first-order valence-corrected chi connectivity index (χ1v) is 6.41. The van der Waals surface area contributed by atoms with E-state index in [4.69, 9.17) is 10.5 Å². The van der Waals surface area contributed by atoms with Crippen molar-refractivity contribution >= 4 is 27.3 Å². The topological polar surface area (TPSA) is 35.2 Å². The van der Waals surface area contributed by atoms with E-state index in [0.29, 0.717) is 0 Å². The molecular weight excluding hydrogens is 262 g/mol. The summed E-state index contributed by atoms with van der Waals surface area (Å²) in [5.74, 6) is 0. The lowest BCUT2D eigenvalue weighted by Gasteiger charge is -2.19. The third-order valence-electron chi connectivity index (χ3n) is 2.14. The highest BCUT2D eigenvalue weighted by Gasteiger charge is 2.15. The van der Waals surface area contributed by atoms with Gasteiger partial charge >= 0.3 is 0 Å². The largest absolute Gasteiger partial charge is 0.377 e. The van der Waals surface area contributed by atoms with Gasteiger partial charge in [0.25, 0.3) is 0 Å². The Labute approximate surface area is 97.6 Å². The fraction of sp³-hybridized carbons (Fsp3) is 0.600. The minimum atomic E-state index is 0.0740. The predicted molar refractivity (Wildman–Crippen MR) is 64.8 cm³/mol. The average Bonchev–Trinajstić information content (AvgIpc) is 2.52. The minimum absolute atomic E-state index is 0.0740. The molecule has 0 aromatic carbocycles. The van der Waals surface area contributed by atoms with Gasteiger partial charge in [0.1, 0.15) is 0 Å². The maximum absolute atomic E-state index is 6.02. The highest BCUT2D eigenvalue weighted by atomic mass is 79.9. The first-order valence-electron chi connectivity index (χ1n) is 4.74. The SMILES string of the molecule is CCOC(C)C(N)Cc1sccc1Br. The Morgan fingerprint density at radius 2 is 2.36 bits per heavy atom. The van der Waals surface area contributed by atoms with Crippen LogP contribution in [-0.2, 0) is 11.2 Å². The van der Waals surface area contributed by atoms with Crippen molar-refractivity contribution in [3.05, 3.63) is 20.8 Å².